The molecular formula is C20H26IN7O3. The van der Waals surface area contributed by atoms with Gasteiger partial charge >= 0.3 is 6.09 Å². The average molecular weight is 539 g/mol. The lowest BCUT2D eigenvalue weighted by atomic mass is 10.1. The van der Waals surface area contributed by atoms with Crippen LogP contribution >= 0.6 is 22.6 Å². The van der Waals surface area contributed by atoms with E-state index in [1.807, 2.05) is 12.3 Å². The number of hydrogen-bond donors (Lipinski definition) is 2. The minimum atomic E-state index is -0.334. The molecule has 166 valence electrons. The van der Waals surface area contributed by atoms with Crippen LogP contribution in [0.4, 0.5) is 4.79 Å². The van der Waals surface area contributed by atoms with E-state index in [2.05, 4.69) is 57.4 Å². The molecule has 3 aromatic heterocycles. The van der Waals surface area contributed by atoms with E-state index in [0.717, 1.165) is 74.7 Å². The molecule has 0 bridgehead atoms. The smallest absolute Gasteiger partial charge is 0.407 e. The lowest BCUT2D eigenvalue weighted by molar-refractivity contribution is 0.0372. The number of rotatable bonds is 6. The fourth-order valence-corrected chi connectivity index (χ4v) is 5.64. The fourth-order valence-electron chi connectivity index (χ4n) is 4.45. The highest BCUT2D eigenvalue weighted by Gasteiger charge is 2.38. The van der Waals surface area contributed by atoms with Crippen LogP contribution in [0.2, 0.25) is 0 Å². The van der Waals surface area contributed by atoms with Gasteiger partial charge in [0.2, 0.25) is 0 Å². The van der Waals surface area contributed by atoms with Crippen LogP contribution < -0.4 is 5.32 Å². The van der Waals surface area contributed by atoms with Crippen molar-refractivity contribution in [3.8, 4) is 0 Å². The van der Waals surface area contributed by atoms with Gasteiger partial charge in [-0.3, -0.25) is 9.30 Å². The third-order valence-corrected chi connectivity index (χ3v) is 7.41. The molecule has 0 unspecified atom stereocenters. The van der Waals surface area contributed by atoms with E-state index in [1.54, 1.807) is 6.20 Å². The van der Waals surface area contributed by atoms with Crippen molar-refractivity contribution in [2.45, 2.75) is 35.2 Å². The number of amides is 1. The van der Waals surface area contributed by atoms with Gasteiger partial charge in [0.15, 0.2) is 11.3 Å². The van der Waals surface area contributed by atoms with Crippen molar-refractivity contribution >= 4 is 45.5 Å². The number of alkyl halides is 1. The summed E-state index contributed by atoms with van der Waals surface area (Å²) in [5, 5.41) is 11.7. The van der Waals surface area contributed by atoms with Crippen molar-refractivity contribution in [1.82, 2.24) is 34.8 Å². The van der Waals surface area contributed by atoms with Gasteiger partial charge in [-0.15, -0.1) is 10.2 Å². The molecule has 3 atom stereocenters. The Morgan fingerprint density at radius 1 is 1.32 bits per heavy atom. The van der Waals surface area contributed by atoms with Gasteiger partial charge in [-0.2, -0.15) is 0 Å². The Hall–Kier alpha value is -1.99. The number of ether oxygens (including phenoxy) is 2. The predicted molar refractivity (Wildman–Crippen MR) is 123 cm³/mol. The first-order valence-electron chi connectivity index (χ1n) is 10.7. The van der Waals surface area contributed by atoms with Gasteiger partial charge in [0.05, 0.1) is 24.9 Å². The molecule has 0 aromatic carbocycles. The molecule has 2 N–H and O–H groups in total. The number of nitrogens with zero attached hydrogens (tertiary/aromatic N) is 5. The molecule has 31 heavy (non-hydrogen) atoms. The molecule has 4 heterocycles. The number of alkyl carbamates (subject to hydrolysis) is 1. The monoisotopic (exact) mass is 539 g/mol. The van der Waals surface area contributed by atoms with Crippen molar-refractivity contribution < 1.29 is 14.3 Å². The predicted octanol–water partition coefficient (Wildman–Crippen LogP) is 2.10. The van der Waals surface area contributed by atoms with Crippen molar-refractivity contribution in [3.63, 3.8) is 0 Å². The van der Waals surface area contributed by atoms with E-state index < -0.39 is 0 Å². The number of carbonyl (C=O) groups is 1. The van der Waals surface area contributed by atoms with Gasteiger partial charge in [0.25, 0.3) is 0 Å². The summed E-state index contributed by atoms with van der Waals surface area (Å²) in [6.45, 7) is 5.11. The molecule has 1 aliphatic carbocycles. The van der Waals surface area contributed by atoms with Crippen molar-refractivity contribution in [2.75, 3.05) is 39.4 Å². The maximum atomic E-state index is 12.3. The number of halogens is 1. The van der Waals surface area contributed by atoms with Crippen LogP contribution in [-0.4, -0.2) is 85.0 Å². The van der Waals surface area contributed by atoms with Crippen molar-refractivity contribution in [3.05, 3.63) is 24.3 Å². The molecular weight excluding hydrogens is 513 g/mol. The molecule has 11 heteroatoms. The van der Waals surface area contributed by atoms with Crippen LogP contribution in [0.15, 0.2) is 18.5 Å². The van der Waals surface area contributed by atoms with Crippen LogP contribution in [0.1, 0.15) is 31.0 Å². The summed E-state index contributed by atoms with van der Waals surface area (Å²) in [5.74, 6) is 1.06. The van der Waals surface area contributed by atoms with Crippen LogP contribution in [-0.2, 0) is 9.47 Å². The molecule has 1 amide bonds. The Morgan fingerprint density at radius 3 is 3.06 bits per heavy atom. The SMILES string of the molecule is O=C(NCCCN1CCOCC1)O[C@H]1C[C@@H](I)[C@@H](c2nnc3cnc4[nH]ccc4n23)C1. The van der Waals surface area contributed by atoms with E-state index in [0.29, 0.717) is 10.5 Å². The van der Waals surface area contributed by atoms with Gasteiger partial charge in [-0.25, -0.2) is 9.78 Å². The first kappa shape index (κ1) is 20.9. The number of nitrogens with one attached hydrogen (secondary N) is 2. The average Bonchev–Trinajstić information content (AvgIpc) is 3.49. The molecule has 0 spiro atoms. The normalized spacial score (nSPS) is 24.7. The highest BCUT2D eigenvalue weighted by atomic mass is 127. The Kier molecular flexibility index (Phi) is 6.23. The third-order valence-electron chi connectivity index (χ3n) is 6.04. The van der Waals surface area contributed by atoms with Gasteiger partial charge < -0.3 is 19.8 Å². The van der Waals surface area contributed by atoms with Gasteiger partial charge in [0, 0.05) is 35.7 Å². The number of hydrogen-bond acceptors (Lipinski definition) is 7. The Bertz CT molecular complexity index is 1050. The number of carbonyl (C=O) groups excluding carboxylic acids is 1. The van der Waals surface area contributed by atoms with Gasteiger partial charge in [0.1, 0.15) is 11.9 Å². The minimum Gasteiger partial charge on any atom is -0.446 e. The van der Waals surface area contributed by atoms with Crippen molar-refractivity contribution in [2.24, 2.45) is 0 Å². The van der Waals surface area contributed by atoms with E-state index in [-0.39, 0.29) is 18.1 Å². The maximum Gasteiger partial charge on any atom is 0.407 e. The van der Waals surface area contributed by atoms with Crippen LogP contribution in [0.25, 0.3) is 16.8 Å². The Balaban J connectivity index is 1.16. The van der Waals surface area contributed by atoms with E-state index in [4.69, 9.17) is 9.47 Å². The summed E-state index contributed by atoms with van der Waals surface area (Å²) in [7, 11) is 0. The zero-order valence-electron chi connectivity index (χ0n) is 17.2. The van der Waals surface area contributed by atoms with Gasteiger partial charge in [-0.05, 0) is 31.9 Å². The number of H-pyrrole nitrogens is 1. The Labute approximate surface area is 193 Å². The van der Waals surface area contributed by atoms with Crippen LogP contribution in [0.5, 0.6) is 0 Å². The topological polar surface area (TPSA) is 110 Å². The molecule has 0 radical (unpaired) electrons. The second kappa shape index (κ2) is 9.25. The molecule has 1 saturated heterocycles. The van der Waals surface area contributed by atoms with Crippen LogP contribution in [0, 0.1) is 0 Å². The molecule has 3 aromatic rings. The van der Waals surface area contributed by atoms with Crippen LogP contribution in [0.3, 0.4) is 0 Å². The lowest BCUT2D eigenvalue weighted by Crippen LogP contribution is -2.38. The molecule has 1 aliphatic heterocycles. The summed E-state index contributed by atoms with van der Waals surface area (Å²) >= 11 is 2.44. The largest absolute Gasteiger partial charge is 0.446 e. The summed E-state index contributed by atoms with van der Waals surface area (Å²) < 4.78 is 13.4. The number of aromatic amines is 1. The Morgan fingerprint density at radius 2 is 2.19 bits per heavy atom. The second-order valence-corrected chi connectivity index (χ2v) is 9.68. The first-order chi connectivity index (χ1) is 15.2. The van der Waals surface area contributed by atoms with Gasteiger partial charge in [-0.1, -0.05) is 22.6 Å². The zero-order valence-corrected chi connectivity index (χ0v) is 19.3. The molecule has 2 fully saturated rings. The number of morpholine rings is 1. The molecule has 1 saturated carbocycles. The summed E-state index contributed by atoms with van der Waals surface area (Å²) in [4.78, 5) is 22.2. The minimum absolute atomic E-state index is 0.123. The van der Waals surface area contributed by atoms with Crippen molar-refractivity contribution in [1.29, 1.82) is 0 Å². The maximum absolute atomic E-state index is 12.3. The van der Waals surface area contributed by atoms with E-state index >= 15 is 0 Å². The standard InChI is InChI=1S/C20H26IN7O3/c21-15-11-13(31-20(29)23-3-1-5-27-6-8-30-9-7-27)10-14(15)19-26-25-17-12-24-18-16(28(17)19)2-4-22-18/h2,4,12-15,22H,1,3,5-11H2,(H,23,29)/t13-,14+,15-/m1/s1. The zero-order chi connectivity index (χ0) is 21.2. The van der Waals surface area contributed by atoms with E-state index in [1.165, 1.54) is 0 Å². The number of fused-ring (bicyclic) bond motifs is 3. The highest BCUT2D eigenvalue weighted by Crippen LogP contribution is 2.40. The quantitative estimate of drug-likeness (QED) is 0.281. The summed E-state index contributed by atoms with van der Waals surface area (Å²) in [5.41, 5.74) is 2.50. The molecule has 10 nitrogen and oxygen atoms in total. The number of aromatic nitrogens is 5. The fraction of sp³-hybridized carbons (Fsp3) is 0.600. The third kappa shape index (κ3) is 4.48. The summed E-state index contributed by atoms with van der Waals surface area (Å²) in [6.07, 6.45) is 5.59. The second-order valence-electron chi connectivity index (χ2n) is 8.08. The first-order valence-corrected chi connectivity index (χ1v) is 12.0. The lowest BCUT2D eigenvalue weighted by Gasteiger charge is -2.26. The highest BCUT2D eigenvalue weighted by molar-refractivity contribution is 14.1. The van der Waals surface area contributed by atoms with E-state index in [9.17, 15) is 4.79 Å². The molecule has 5 rings (SSSR count). The molecule has 2 aliphatic rings. The summed E-state index contributed by atoms with van der Waals surface area (Å²) in [6, 6.07) is 1.98.